The molecule has 0 radical (unpaired) electrons. The molecule has 2 fully saturated rings. The van der Waals surface area contributed by atoms with Crippen LogP contribution in [0.3, 0.4) is 0 Å². The van der Waals surface area contributed by atoms with Crippen LogP contribution >= 0.6 is 0 Å². The number of hydrogen-bond acceptors (Lipinski definition) is 6. The minimum absolute atomic E-state index is 0.00208. The Hall–Kier alpha value is -2.91. The SMILES string of the molecule is C[C@H]1CCCN2C(=O)/C3=C(\O)COC/C(C(=O)NCc4ccc(F)cc4)=C\N3CC2N1C. The van der Waals surface area contributed by atoms with Crippen LogP contribution in [-0.2, 0) is 20.9 Å². The molecule has 1 unspecified atom stereocenters. The lowest BCUT2D eigenvalue weighted by Gasteiger charge is -2.46. The number of aliphatic hydroxyl groups excluding tert-OH is 1. The van der Waals surface area contributed by atoms with Crippen molar-refractivity contribution in [2.24, 2.45) is 0 Å². The van der Waals surface area contributed by atoms with Gasteiger partial charge >= 0.3 is 0 Å². The van der Waals surface area contributed by atoms with Crippen molar-refractivity contribution in [1.82, 2.24) is 20.0 Å². The molecule has 0 saturated carbocycles. The van der Waals surface area contributed by atoms with Crippen LogP contribution in [0.2, 0.25) is 0 Å². The van der Waals surface area contributed by atoms with Gasteiger partial charge in [0.15, 0.2) is 0 Å². The maximum atomic E-state index is 13.3. The number of rotatable bonds is 3. The standard InChI is InChI=1S/C23H29FN4O4/c1-15-4-3-9-28-20(26(15)2)12-27-11-17(13-32-14-19(29)21(27)23(28)31)22(30)25-10-16-5-7-18(24)8-6-16/h5-8,11,15,20,29H,3-4,9-10,12-14H2,1-2H3,(H,25,30)/b17-11+,21-19+/t15-,20?/m0/s1. The van der Waals surface area contributed by atoms with Gasteiger partial charge in [-0.05, 0) is 44.5 Å². The summed E-state index contributed by atoms with van der Waals surface area (Å²) in [5, 5.41) is 13.4. The maximum Gasteiger partial charge on any atom is 0.275 e. The van der Waals surface area contributed by atoms with Crippen LogP contribution in [-0.4, -0.2) is 77.2 Å². The van der Waals surface area contributed by atoms with Gasteiger partial charge in [-0.2, -0.15) is 0 Å². The van der Waals surface area contributed by atoms with Gasteiger partial charge in [-0.15, -0.1) is 0 Å². The van der Waals surface area contributed by atoms with Crippen molar-refractivity contribution in [3.63, 3.8) is 0 Å². The number of benzene rings is 1. The van der Waals surface area contributed by atoms with Crippen molar-refractivity contribution >= 4 is 11.8 Å². The number of carbonyl (C=O) groups is 2. The van der Waals surface area contributed by atoms with E-state index < -0.39 is 0 Å². The monoisotopic (exact) mass is 444 g/mol. The molecule has 2 saturated heterocycles. The van der Waals surface area contributed by atoms with Gasteiger partial charge in [0.25, 0.3) is 11.8 Å². The van der Waals surface area contributed by atoms with Crippen LogP contribution in [0.25, 0.3) is 0 Å². The lowest BCUT2D eigenvalue weighted by Crippen LogP contribution is -2.60. The fourth-order valence-electron chi connectivity index (χ4n) is 4.39. The number of carbonyl (C=O) groups excluding carboxylic acids is 2. The van der Waals surface area contributed by atoms with Crippen molar-refractivity contribution in [2.75, 3.05) is 33.4 Å². The highest BCUT2D eigenvalue weighted by Gasteiger charge is 2.42. The quantitative estimate of drug-likeness (QED) is 0.739. The minimum atomic E-state index is -0.340. The van der Waals surface area contributed by atoms with Crippen molar-refractivity contribution in [3.05, 3.63) is 58.9 Å². The van der Waals surface area contributed by atoms with E-state index in [2.05, 4.69) is 17.1 Å². The average molecular weight is 445 g/mol. The Morgan fingerprint density at radius 2 is 2.03 bits per heavy atom. The number of piperazine rings is 1. The average Bonchev–Trinajstić information content (AvgIpc) is 2.90. The first-order valence-electron chi connectivity index (χ1n) is 10.9. The summed E-state index contributed by atoms with van der Waals surface area (Å²) in [6, 6.07) is 6.22. The van der Waals surface area contributed by atoms with Gasteiger partial charge in [-0.1, -0.05) is 12.1 Å². The van der Waals surface area contributed by atoms with Crippen LogP contribution in [0.4, 0.5) is 4.39 Å². The number of fused-ring (bicyclic) bond motifs is 2. The molecular formula is C23H29FN4O4. The molecule has 3 heterocycles. The van der Waals surface area contributed by atoms with Crippen molar-refractivity contribution in [1.29, 1.82) is 0 Å². The van der Waals surface area contributed by atoms with Crippen LogP contribution in [0.15, 0.2) is 47.5 Å². The Balaban J connectivity index is 1.57. The topological polar surface area (TPSA) is 85.3 Å². The lowest BCUT2D eigenvalue weighted by molar-refractivity contribution is -0.139. The molecule has 0 aromatic heterocycles. The Morgan fingerprint density at radius 3 is 2.78 bits per heavy atom. The highest BCUT2D eigenvalue weighted by molar-refractivity contribution is 5.96. The molecule has 9 heteroatoms. The number of likely N-dealkylation sites (N-methyl/N-ethyl adjacent to an activating group) is 1. The van der Waals surface area contributed by atoms with Gasteiger partial charge < -0.3 is 25.0 Å². The molecule has 0 aliphatic carbocycles. The van der Waals surface area contributed by atoms with Crippen molar-refractivity contribution < 1.29 is 23.8 Å². The van der Waals surface area contributed by atoms with E-state index in [4.69, 9.17) is 4.74 Å². The highest BCUT2D eigenvalue weighted by Crippen LogP contribution is 2.29. The Kier molecular flexibility index (Phi) is 6.48. The Bertz CT molecular complexity index is 946. The van der Waals surface area contributed by atoms with E-state index in [9.17, 15) is 19.1 Å². The summed E-state index contributed by atoms with van der Waals surface area (Å²) in [6.45, 7) is 3.30. The fourth-order valence-corrected chi connectivity index (χ4v) is 4.39. The molecule has 32 heavy (non-hydrogen) atoms. The summed E-state index contributed by atoms with van der Waals surface area (Å²) < 4.78 is 18.6. The van der Waals surface area contributed by atoms with E-state index in [0.717, 1.165) is 18.4 Å². The molecule has 2 N–H and O–H groups in total. The van der Waals surface area contributed by atoms with Gasteiger partial charge in [0.1, 0.15) is 30.0 Å². The largest absolute Gasteiger partial charge is 0.507 e. The van der Waals surface area contributed by atoms with E-state index in [0.29, 0.717) is 24.7 Å². The third-order valence-corrected chi connectivity index (χ3v) is 6.40. The van der Waals surface area contributed by atoms with Crippen LogP contribution in [0, 0.1) is 5.82 Å². The third kappa shape index (κ3) is 4.49. The molecule has 3 aliphatic heterocycles. The molecule has 8 nitrogen and oxygen atoms in total. The van der Waals surface area contributed by atoms with Gasteiger partial charge in [-0.3, -0.25) is 14.5 Å². The van der Waals surface area contributed by atoms with E-state index >= 15 is 0 Å². The molecular weight excluding hydrogens is 415 g/mol. The summed E-state index contributed by atoms with van der Waals surface area (Å²) in [4.78, 5) is 31.8. The summed E-state index contributed by atoms with van der Waals surface area (Å²) >= 11 is 0. The van der Waals surface area contributed by atoms with Crippen molar-refractivity contribution in [3.8, 4) is 0 Å². The van der Waals surface area contributed by atoms with Gasteiger partial charge in [0, 0.05) is 25.3 Å². The van der Waals surface area contributed by atoms with Crippen LogP contribution < -0.4 is 5.32 Å². The first-order chi connectivity index (χ1) is 15.3. The van der Waals surface area contributed by atoms with E-state index in [-0.39, 0.29) is 55.0 Å². The number of hydrogen-bond donors (Lipinski definition) is 2. The molecule has 2 amide bonds. The second-order valence-electron chi connectivity index (χ2n) is 8.54. The second-order valence-corrected chi connectivity index (χ2v) is 8.54. The first kappa shape index (κ1) is 22.3. The number of nitrogens with one attached hydrogen (secondary N) is 1. The molecule has 1 aromatic rings. The molecule has 0 spiro atoms. The lowest BCUT2D eigenvalue weighted by atomic mass is 10.1. The van der Waals surface area contributed by atoms with E-state index in [1.807, 2.05) is 7.05 Å². The van der Waals surface area contributed by atoms with Gasteiger partial charge in [0.05, 0.1) is 18.7 Å². The van der Waals surface area contributed by atoms with Crippen LogP contribution in [0.5, 0.6) is 0 Å². The van der Waals surface area contributed by atoms with E-state index in [1.165, 1.54) is 12.1 Å². The normalized spacial score (nSPS) is 28.6. The summed E-state index contributed by atoms with van der Waals surface area (Å²) in [6.07, 6.45) is 3.32. The fraction of sp³-hybridized carbons (Fsp3) is 0.478. The minimum Gasteiger partial charge on any atom is -0.507 e. The first-order valence-corrected chi connectivity index (χ1v) is 10.9. The number of aliphatic hydroxyl groups is 1. The molecule has 0 bridgehead atoms. The van der Waals surface area contributed by atoms with E-state index in [1.54, 1.807) is 28.1 Å². The second kappa shape index (κ2) is 9.30. The Labute approximate surface area is 186 Å². The molecule has 1 aromatic carbocycles. The predicted octanol–water partition coefficient (Wildman–Crippen LogP) is 1.71. The number of amides is 2. The summed E-state index contributed by atoms with van der Waals surface area (Å²) in [7, 11) is 2.00. The zero-order valence-corrected chi connectivity index (χ0v) is 18.4. The maximum absolute atomic E-state index is 13.3. The number of nitrogens with zero attached hydrogens (tertiary/aromatic N) is 3. The smallest absolute Gasteiger partial charge is 0.275 e. The molecule has 2 atom stereocenters. The summed E-state index contributed by atoms with van der Waals surface area (Å²) in [5.41, 5.74) is 1.28. The van der Waals surface area contributed by atoms with Gasteiger partial charge in [0.2, 0.25) is 0 Å². The highest BCUT2D eigenvalue weighted by atomic mass is 19.1. The zero-order valence-electron chi connectivity index (χ0n) is 18.4. The van der Waals surface area contributed by atoms with Crippen molar-refractivity contribution in [2.45, 2.75) is 38.5 Å². The number of halogens is 1. The summed E-state index contributed by atoms with van der Waals surface area (Å²) in [5.74, 6) is -1.06. The third-order valence-electron chi connectivity index (χ3n) is 6.40. The number of ether oxygens (including phenoxy) is 1. The zero-order chi connectivity index (χ0) is 22.8. The van der Waals surface area contributed by atoms with Crippen LogP contribution in [0.1, 0.15) is 25.3 Å². The molecule has 172 valence electrons. The predicted molar refractivity (Wildman–Crippen MR) is 115 cm³/mol. The Morgan fingerprint density at radius 1 is 1.28 bits per heavy atom. The molecule has 3 aliphatic rings. The molecule has 4 rings (SSSR count). The van der Waals surface area contributed by atoms with Gasteiger partial charge in [-0.25, -0.2) is 4.39 Å².